The van der Waals surface area contributed by atoms with Gasteiger partial charge in [-0.25, -0.2) is 9.37 Å². The number of nitrogens with one attached hydrogen (secondary N) is 1. The highest BCUT2D eigenvalue weighted by Gasteiger charge is 2.19. The van der Waals surface area contributed by atoms with Crippen molar-refractivity contribution in [2.24, 2.45) is 0 Å². The number of pyridine rings is 1. The number of hydrogen-bond acceptors (Lipinski definition) is 2. The molecule has 0 spiro atoms. The minimum absolute atomic E-state index is 0.00376. The molecular weight excluding hydrogens is 353 g/mol. The predicted molar refractivity (Wildman–Crippen MR) is 109 cm³/mol. The van der Waals surface area contributed by atoms with Crippen molar-refractivity contribution in [3.63, 3.8) is 0 Å². The molecule has 0 aliphatic carbocycles. The Bertz CT molecular complexity index is 1190. The average Bonchev–Trinajstić information content (AvgIpc) is 2.98. The van der Waals surface area contributed by atoms with E-state index in [1.165, 1.54) is 12.1 Å². The predicted octanol–water partition coefficient (Wildman–Crippen LogP) is 5.32. The molecule has 140 valence electrons. The van der Waals surface area contributed by atoms with Gasteiger partial charge in [-0.3, -0.25) is 9.20 Å². The summed E-state index contributed by atoms with van der Waals surface area (Å²) in [5.74, 6) is -0.544. The molecule has 4 aromatic rings. The maximum absolute atomic E-state index is 14.1. The van der Waals surface area contributed by atoms with Crippen LogP contribution in [0.4, 0.5) is 10.2 Å². The molecule has 28 heavy (non-hydrogen) atoms. The Morgan fingerprint density at radius 3 is 2.39 bits per heavy atom. The third-order valence-electron chi connectivity index (χ3n) is 4.63. The molecule has 2 aromatic heterocycles. The molecule has 1 N–H and O–H groups in total. The van der Waals surface area contributed by atoms with Gasteiger partial charge in [0.05, 0.1) is 5.56 Å². The Labute approximate surface area is 162 Å². The highest BCUT2D eigenvalue weighted by molar-refractivity contribution is 6.06. The van der Waals surface area contributed by atoms with Gasteiger partial charge in [0.2, 0.25) is 0 Å². The largest absolute Gasteiger partial charge is 0.306 e. The molecule has 0 bridgehead atoms. The Hall–Kier alpha value is -3.47. The van der Waals surface area contributed by atoms with Crippen LogP contribution in [0.15, 0.2) is 60.8 Å². The van der Waals surface area contributed by atoms with Gasteiger partial charge < -0.3 is 5.32 Å². The molecule has 1 amide bonds. The number of aryl methyl sites for hydroxylation is 3. The van der Waals surface area contributed by atoms with Crippen molar-refractivity contribution in [1.29, 1.82) is 0 Å². The summed E-state index contributed by atoms with van der Waals surface area (Å²) < 4.78 is 15.9. The number of amides is 1. The topological polar surface area (TPSA) is 46.4 Å². The van der Waals surface area contributed by atoms with E-state index in [1.54, 1.807) is 12.1 Å². The molecule has 2 heterocycles. The van der Waals surface area contributed by atoms with E-state index in [9.17, 15) is 9.18 Å². The van der Waals surface area contributed by atoms with Crippen molar-refractivity contribution in [3.8, 4) is 11.3 Å². The molecule has 0 saturated heterocycles. The summed E-state index contributed by atoms with van der Waals surface area (Å²) in [5, 5.41) is 2.87. The van der Waals surface area contributed by atoms with Crippen LogP contribution in [0, 0.1) is 26.6 Å². The summed E-state index contributed by atoms with van der Waals surface area (Å²) in [6.07, 6.45) is 1.86. The van der Waals surface area contributed by atoms with Crippen molar-refractivity contribution in [2.45, 2.75) is 20.8 Å². The molecular formula is C23H20FN3O. The SMILES string of the molecule is Cc1cc(C)cc(-c2nc3cc(C)ccn3c2NC(=O)c2ccccc2F)c1. The number of carbonyl (C=O) groups is 1. The number of anilines is 1. The van der Waals surface area contributed by atoms with Gasteiger partial charge in [0, 0.05) is 11.8 Å². The Morgan fingerprint density at radius 1 is 0.964 bits per heavy atom. The highest BCUT2D eigenvalue weighted by Crippen LogP contribution is 2.31. The van der Waals surface area contributed by atoms with Crippen LogP contribution in [0.5, 0.6) is 0 Å². The highest BCUT2D eigenvalue weighted by atomic mass is 19.1. The minimum Gasteiger partial charge on any atom is -0.306 e. The molecule has 0 aliphatic heterocycles. The fraction of sp³-hybridized carbons (Fsp3) is 0.130. The normalized spacial score (nSPS) is 11.0. The third kappa shape index (κ3) is 3.27. The Balaban J connectivity index is 1.88. The Kier molecular flexibility index (Phi) is 4.43. The molecule has 0 aliphatic rings. The molecule has 0 unspecified atom stereocenters. The van der Waals surface area contributed by atoms with E-state index in [4.69, 9.17) is 4.98 Å². The van der Waals surface area contributed by atoms with Gasteiger partial charge in [-0.05, 0) is 62.7 Å². The molecule has 2 aromatic carbocycles. The summed E-state index contributed by atoms with van der Waals surface area (Å²) in [6, 6.07) is 16.0. The third-order valence-corrected chi connectivity index (χ3v) is 4.63. The van der Waals surface area contributed by atoms with Gasteiger partial charge in [0.25, 0.3) is 5.91 Å². The number of rotatable bonds is 3. The van der Waals surface area contributed by atoms with E-state index in [0.717, 1.165) is 27.9 Å². The molecule has 4 nitrogen and oxygen atoms in total. The van der Waals surface area contributed by atoms with Crippen molar-refractivity contribution < 1.29 is 9.18 Å². The monoisotopic (exact) mass is 373 g/mol. The van der Waals surface area contributed by atoms with E-state index in [-0.39, 0.29) is 5.56 Å². The van der Waals surface area contributed by atoms with E-state index in [0.29, 0.717) is 11.5 Å². The van der Waals surface area contributed by atoms with Gasteiger partial charge in [-0.15, -0.1) is 0 Å². The molecule has 0 saturated carbocycles. The summed E-state index contributed by atoms with van der Waals surface area (Å²) in [4.78, 5) is 17.5. The first-order valence-electron chi connectivity index (χ1n) is 9.05. The van der Waals surface area contributed by atoms with Gasteiger partial charge in [-0.1, -0.05) is 29.3 Å². The summed E-state index contributed by atoms with van der Waals surface area (Å²) >= 11 is 0. The lowest BCUT2D eigenvalue weighted by atomic mass is 10.0. The number of imidazole rings is 1. The van der Waals surface area contributed by atoms with Crippen LogP contribution in [0.3, 0.4) is 0 Å². The summed E-state index contributed by atoms with van der Waals surface area (Å²) in [5.41, 5.74) is 5.55. The van der Waals surface area contributed by atoms with E-state index in [1.807, 2.05) is 55.6 Å². The van der Waals surface area contributed by atoms with Gasteiger partial charge in [0.15, 0.2) is 0 Å². The number of fused-ring (bicyclic) bond motifs is 1. The maximum atomic E-state index is 14.1. The first-order valence-corrected chi connectivity index (χ1v) is 9.05. The average molecular weight is 373 g/mol. The zero-order valence-corrected chi connectivity index (χ0v) is 16.0. The molecule has 0 fully saturated rings. The number of benzene rings is 2. The number of hydrogen-bond donors (Lipinski definition) is 1. The standard InChI is InChI=1S/C23H20FN3O/c1-14-8-9-27-20(13-14)25-21(17-11-15(2)10-16(3)12-17)22(27)26-23(28)18-6-4-5-7-19(18)24/h4-13H,1-3H3,(H,26,28). The van der Waals surface area contributed by atoms with Crippen molar-refractivity contribution in [2.75, 3.05) is 5.32 Å². The summed E-state index contributed by atoms with van der Waals surface area (Å²) in [7, 11) is 0. The fourth-order valence-corrected chi connectivity index (χ4v) is 3.40. The van der Waals surface area contributed by atoms with Gasteiger partial charge in [-0.2, -0.15) is 0 Å². The van der Waals surface area contributed by atoms with Gasteiger partial charge in [0.1, 0.15) is 23.0 Å². The first kappa shape index (κ1) is 17.9. The molecule has 0 atom stereocenters. The van der Waals surface area contributed by atoms with Crippen molar-refractivity contribution >= 4 is 17.4 Å². The zero-order chi connectivity index (χ0) is 19.8. The van der Waals surface area contributed by atoms with Crippen LogP contribution in [0.1, 0.15) is 27.0 Å². The van der Waals surface area contributed by atoms with E-state index in [2.05, 4.69) is 11.4 Å². The van der Waals surface area contributed by atoms with E-state index < -0.39 is 11.7 Å². The second-order valence-electron chi connectivity index (χ2n) is 7.05. The summed E-state index contributed by atoms with van der Waals surface area (Å²) in [6.45, 7) is 6.03. The first-order chi connectivity index (χ1) is 13.4. The second-order valence-corrected chi connectivity index (χ2v) is 7.05. The van der Waals surface area contributed by atoms with Crippen LogP contribution >= 0.6 is 0 Å². The van der Waals surface area contributed by atoms with Crippen molar-refractivity contribution in [3.05, 3.63) is 88.9 Å². The van der Waals surface area contributed by atoms with E-state index >= 15 is 0 Å². The van der Waals surface area contributed by atoms with Crippen LogP contribution in [-0.4, -0.2) is 15.3 Å². The van der Waals surface area contributed by atoms with Crippen LogP contribution in [0.2, 0.25) is 0 Å². The van der Waals surface area contributed by atoms with Crippen LogP contribution in [-0.2, 0) is 0 Å². The lowest BCUT2D eigenvalue weighted by Crippen LogP contribution is -2.15. The lowest BCUT2D eigenvalue weighted by molar-refractivity contribution is 0.102. The maximum Gasteiger partial charge on any atom is 0.259 e. The number of carbonyl (C=O) groups excluding carboxylic acids is 1. The van der Waals surface area contributed by atoms with Gasteiger partial charge >= 0.3 is 0 Å². The van der Waals surface area contributed by atoms with Crippen LogP contribution < -0.4 is 5.32 Å². The quantitative estimate of drug-likeness (QED) is 0.528. The molecule has 0 radical (unpaired) electrons. The second kappa shape index (κ2) is 6.93. The Morgan fingerprint density at radius 2 is 1.68 bits per heavy atom. The fourth-order valence-electron chi connectivity index (χ4n) is 3.40. The number of halogens is 1. The molecule has 5 heteroatoms. The number of aromatic nitrogens is 2. The minimum atomic E-state index is -0.558. The number of nitrogens with zero attached hydrogens (tertiary/aromatic N) is 2. The zero-order valence-electron chi connectivity index (χ0n) is 16.0. The smallest absolute Gasteiger partial charge is 0.259 e. The van der Waals surface area contributed by atoms with Crippen molar-refractivity contribution in [1.82, 2.24) is 9.38 Å². The van der Waals surface area contributed by atoms with Crippen LogP contribution in [0.25, 0.3) is 16.9 Å². The molecule has 4 rings (SSSR count). The lowest BCUT2D eigenvalue weighted by Gasteiger charge is -2.10.